The van der Waals surface area contributed by atoms with Crippen molar-refractivity contribution in [2.75, 3.05) is 26.1 Å². The molecule has 0 bridgehead atoms. The van der Waals surface area contributed by atoms with Gasteiger partial charge in [-0.2, -0.15) is 11.8 Å². The number of hydrogen-bond donors (Lipinski definition) is 2. The summed E-state index contributed by atoms with van der Waals surface area (Å²) in [4.78, 5) is 27.0. The van der Waals surface area contributed by atoms with E-state index in [1.807, 2.05) is 24.3 Å². The monoisotopic (exact) mass is 452 g/mol. The van der Waals surface area contributed by atoms with E-state index in [2.05, 4.69) is 15.3 Å². The summed E-state index contributed by atoms with van der Waals surface area (Å²) < 4.78 is 16.2. The first-order chi connectivity index (χ1) is 15.1. The Morgan fingerprint density at radius 2 is 2.29 bits per heavy atom. The molecular formula is C20H28N4O6S. The van der Waals surface area contributed by atoms with Gasteiger partial charge in [0, 0.05) is 29.4 Å². The Bertz CT molecular complexity index is 768. The van der Waals surface area contributed by atoms with Gasteiger partial charge in [-0.3, -0.25) is 4.79 Å². The summed E-state index contributed by atoms with van der Waals surface area (Å²) in [7, 11) is 1.24. The van der Waals surface area contributed by atoms with Gasteiger partial charge in [0.1, 0.15) is 17.8 Å². The average Bonchev–Trinajstić information content (AvgIpc) is 2.78. The molecule has 0 saturated carbocycles. The topological polar surface area (TPSA) is 143 Å². The van der Waals surface area contributed by atoms with Gasteiger partial charge in [0.2, 0.25) is 5.91 Å². The first-order valence-electron chi connectivity index (χ1n) is 10.1. The van der Waals surface area contributed by atoms with E-state index >= 15 is 0 Å². The van der Waals surface area contributed by atoms with Gasteiger partial charge in [0.05, 0.1) is 13.7 Å². The van der Waals surface area contributed by atoms with Crippen LogP contribution in [-0.2, 0) is 24.8 Å². The first kappa shape index (κ1) is 24.8. The van der Waals surface area contributed by atoms with Gasteiger partial charge in [0.15, 0.2) is 6.29 Å². The van der Waals surface area contributed by atoms with E-state index in [4.69, 9.17) is 24.8 Å². The SMILES string of the molecule is COC(=O)[C@@H](CSCc1cccc(OC2CCCCO2)c1)NC(=O)[C@H](CCO)N=[N+]=[N-]. The number of thioether (sulfide) groups is 1. The summed E-state index contributed by atoms with van der Waals surface area (Å²) in [6.07, 6.45) is 2.75. The molecule has 1 fully saturated rings. The molecule has 1 aromatic rings. The van der Waals surface area contributed by atoms with E-state index in [1.165, 1.54) is 18.9 Å². The molecule has 2 N–H and O–H groups in total. The zero-order valence-corrected chi connectivity index (χ0v) is 18.3. The molecule has 1 amide bonds. The van der Waals surface area contributed by atoms with Crippen LogP contribution in [0.1, 0.15) is 31.2 Å². The number of hydrogen-bond acceptors (Lipinski definition) is 8. The number of amides is 1. The van der Waals surface area contributed by atoms with E-state index in [1.54, 1.807) is 0 Å². The summed E-state index contributed by atoms with van der Waals surface area (Å²) in [5.41, 5.74) is 9.58. The number of methoxy groups -OCH3 is 1. The number of nitrogens with one attached hydrogen (secondary N) is 1. The van der Waals surface area contributed by atoms with Crippen molar-refractivity contribution in [3.05, 3.63) is 40.3 Å². The van der Waals surface area contributed by atoms with Crippen LogP contribution in [0.25, 0.3) is 10.4 Å². The molecule has 170 valence electrons. The summed E-state index contributed by atoms with van der Waals surface area (Å²) in [6, 6.07) is 5.64. The third-order valence-electron chi connectivity index (χ3n) is 4.56. The fourth-order valence-corrected chi connectivity index (χ4v) is 3.95. The molecule has 0 aromatic heterocycles. The second-order valence-electron chi connectivity index (χ2n) is 6.89. The van der Waals surface area contributed by atoms with Crippen LogP contribution in [0.15, 0.2) is 29.4 Å². The van der Waals surface area contributed by atoms with E-state index in [9.17, 15) is 9.59 Å². The number of benzene rings is 1. The zero-order valence-electron chi connectivity index (χ0n) is 17.4. The molecular weight excluding hydrogens is 424 g/mol. The molecule has 0 aliphatic carbocycles. The van der Waals surface area contributed by atoms with Crippen LogP contribution in [0.5, 0.6) is 5.75 Å². The Hall–Kier alpha value is -2.46. The molecule has 1 aromatic carbocycles. The molecule has 0 radical (unpaired) electrons. The van der Waals surface area contributed by atoms with Crippen molar-refractivity contribution in [3.8, 4) is 5.75 Å². The smallest absolute Gasteiger partial charge is 0.329 e. The molecule has 1 heterocycles. The van der Waals surface area contributed by atoms with E-state index in [0.29, 0.717) is 12.4 Å². The van der Waals surface area contributed by atoms with Gasteiger partial charge in [-0.05, 0) is 42.5 Å². The summed E-state index contributed by atoms with van der Waals surface area (Å²) in [6.45, 7) is 0.388. The van der Waals surface area contributed by atoms with Gasteiger partial charge in [-0.25, -0.2) is 4.79 Å². The normalized spacial score (nSPS) is 17.7. The van der Waals surface area contributed by atoms with Crippen LogP contribution < -0.4 is 10.1 Å². The quantitative estimate of drug-likeness (QED) is 0.215. The Balaban J connectivity index is 1.90. The summed E-state index contributed by atoms with van der Waals surface area (Å²) in [5, 5.41) is 14.9. The molecule has 1 aliphatic heterocycles. The lowest BCUT2D eigenvalue weighted by Crippen LogP contribution is -2.47. The maximum Gasteiger partial charge on any atom is 0.329 e. The summed E-state index contributed by atoms with van der Waals surface area (Å²) >= 11 is 1.44. The lowest BCUT2D eigenvalue weighted by Gasteiger charge is -2.23. The maximum absolute atomic E-state index is 12.3. The van der Waals surface area contributed by atoms with Crippen LogP contribution in [0, 0.1) is 0 Å². The van der Waals surface area contributed by atoms with E-state index < -0.39 is 24.0 Å². The van der Waals surface area contributed by atoms with Crippen molar-refractivity contribution >= 4 is 23.6 Å². The fourth-order valence-electron chi connectivity index (χ4n) is 2.96. The number of esters is 1. The highest BCUT2D eigenvalue weighted by Gasteiger charge is 2.25. The van der Waals surface area contributed by atoms with Crippen molar-refractivity contribution in [3.63, 3.8) is 0 Å². The standard InChI is InChI=1S/C20H28N4O6S/c1-28-20(27)17(22-19(26)16(8-9-25)23-24-21)13-31-12-14-5-4-6-15(11-14)30-18-7-2-3-10-29-18/h4-6,11,16-18,25H,2-3,7-10,12-13H2,1H3,(H,22,26)/t16-,17+,18?/m0/s1. The Kier molecular flexibility index (Phi) is 11.0. The van der Waals surface area contributed by atoms with Crippen LogP contribution in [-0.4, -0.2) is 61.4 Å². The maximum atomic E-state index is 12.3. The van der Waals surface area contributed by atoms with Crippen LogP contribution in [0.4, 0.5) is 0 Å². The van der Waals surface area contributed by atoms with Gasteiger partial charge >= 0.3 is 5.97 Å². The highest BCUT2D eigenvalue weighted by molar-refractivity contribution is 7.98. The van der Waals surface area contributed by atoms with Crippen molar-refractivity contribution in [2.24, 2.45) is 5.11 Å². The lowest BCUT2D eigenvalue weighted by atomic mass is 10.2. The molecule has 11 heteroatoms. The van der Waals surface area contributed by atoms with Gasteiger partial charge in [0.25, 0.3) is 0 Å². The predicted molar refractivity (Wildman–Crippen MR) is 115 cm³/mol. The minimum atomic E-state index is -1.09. The predicted octanol–water partition coefficient (Wildman–Crippen LogP) is 2.54. The average molecular weight is 453 g/mol. The van der Waals surface area contributed by atoms with Gasteiger partial charge in [-0.15, -0.1) is 0 Å². The van der Waals surface area contributed by atoms with Crippen molar-refractivity contribution in [2.45, 2.75) is 49.8 Å². The van der Waals surface area contributed by atoms with Gasteiger partial charge < -0.3 is 24.6 Å². The number of nitrogens with zero attached hydrogens (tertiary/aromatic N) is 3. The van der Waals surface area contributed by atoms with Crippen LogP contribution in [0.3, 0.4) is 0 Å². The number of carbonyl (C=O) groups is 2. The molecule has 0 spiro atoms. The molecule has 1 saturated heterocycles. The van der Waals surface area contributed by atoms with Crippen molar-refractivity contribution in [1.29, 1.82) is 0 Å². The highest BCUT2D eigenvalue weighted by Crippen LogP contribution is 2.22. The van der Waals surface area contributed by atoms with Gasteiger partial charge in [-0.1, -0.05) is 17.2 Å². The Morgan fingerprint density at radius 3 is 2.97 bits per heavy atom. The minimum Gasteiger partial charge on any atom is -0.467 e. The molecule has 3 atom stereocenters. The second kappa shape index (κ2) is 13.8. The fraction of sp³-hybridized carbons (Fsp3) is 0.600. The molecule has 2 rings (SSSR count). The van der Waals surface area contributed by atoms with E-state index in [0.717, 1.165) is 30.6 Å². The number of azide groups is 1. The lowest BCUT2D eigenvalue weighted by molar-refractivity contribution is -0.144. The Labute approximate surface area is 185 Å². The molecule has 1 unspecified atom stereocenters. The highest BCUT2D eigenvalue weighted by atomic mass is 32.2. The molecule has 10 nitrogen and oxygen atoms in total. The van der Waals surface area contributed by atoms with Crippen molar-refractivity contribution in [1.82, 2.24) is 5.32 Å². The minimum absolute atomic E-state index is 0.0333. The number of rotatable bonds is 12. The number of aliphatic hydroxyl groups excluding tert-OH is 1. The largest absolute Gasteiger partial charge is 0.467 e. The third kappa shape index (κ3) is 8.66. The molecule has 31 heavy (non-hydrogen) atoms. The number of carbonyl (C=O) groups excluding carboxylic acids is 2. The second-order valence-corrected chi connectivity index (χ2v) is 7.92. The van der Waals surface area contributed by atoms with Crippen LogP contribution in [0.2, 0.25) is 0 Å². The van der Waals surface area contributed by atoms with Crippen molar-refractivity contribution < 1.29 is 28.9 Å². The molecule has 1 aliphatic rings. The number of ether oxygens (including phenoxy) is 3. The first-order valence-corrected chi connectivity index (χ1v) is 11.2. The van der Waals surface area contributed by atoms with Crippen LogP contribution >= 0.6 is 11.8 Å². The summed E-state index contributed by atoms with van der Waals surface area (Å²) in [5.74, 6) is 0.339. The Morgan fingerprint density at radius 1 is 1.45 bits per heavy atom. The number of aliphatic hydroxyl groups is 1. The van der Waals surface area contributed by atoms with E-state index in [-0.39, 0.29) is 25.1 Å². The zero-order chi connectivity index (χ0) is 22.5. The third-order valence-corrected chi connectivity index (χ3v) is 5.66.